The van der Waals surface area contributed by atoms with Crippen LogP contribution in [0.1, 0.15) is 45.5 Å². The topological polar surface area (TPSA) is 160 Å². The fraction of sp³-hybridized carbons (Fsp3) is 0.343. The molecule has 0 bridgehead atoms. The standard InChI is InChI=1S/C35H33ClF3N9O5/c1-3-26-29(45-9-11-46(12-10-45)32(51)28-30(50)19(2)40-18-41-28)33(52)48-34(43-31(44-48)21-5-4-20-8-13-53-17-22(20)14-21)47(26)16-27(49)42-25-7-6-23(15-24(25)36)35(37,38)39/h4-7,14-15,18,50H,3,8-13,16-17H2,1-2H3,(H,42,49). The maximum absolute atomic E-state index is 14.3. The third-order valence-electron chi connectivity index (χ3n) is 9.36. The Morgan fingerprint density at radius 2 is 1.83 bits per heavy atom. The van der Waals surface area contributed by atoms with Crippen molar-refractivity contribution in [2.24, 2.45) is 0 Å². The van der Waals surface area contributed by atoms with Gasteiger partial charge in [-0.2, -0.15) is 22.7 Å². The molecule has 2 N–H and O–H groups in total. The number of aryl methyl sites for hydroxylation is 1. The first kappa shape index (κ1) is 35.8. The second-order valence-electron chi connectivity index (χ2n) is 12.6. The molecule has 1 fully saturated rings. The number of aromatic hydroxyl groups is 1. The Bertz CT molecular complexity index is 2320. The molecule has 0 atom stereocenters. The molecule has 14 nitrogen and oxygen atoms in total. The lowest BCUT2D eigenvalue weighted by Gasteiger charge is -2.36. The molecule has 2 aromatic carbocycles. The van der Waals surface area contributed by atoms with Gasteiger partial charge in [-0.05, 0) is 55.2 Å². The zero-order valence-corrected chi connectivity index (χ0v) is 29.3. The van der Waals surface area contributed by atoms with E-state index < -0.39 is 35.7 Å². The van der Waals surface area contributed by atoms with Crippen LogP contribution in [0.15, 0.2) is 47.5 Å². The molecule has 0 radical (unpaired) electrons. The van der Waals surface area contributed by atoms with Crippen molar-refractivity contribution < 1.29 is 32.6 Å². The second-order valence-corrected chi connectivity index (χ2v) is 13.1. The quantitative estimate of drug-likeness (QED) is 0.246. The third-order valence-corrected chi connectivity index (χ3v) is 9.67. The fourth-order valence-electron chi connectivity index (χ4n) is 6.59. The van der Waals surface area contributed by atoms with E-state index in [1.54, 1.807) is 11.5 Å². The van der Waals surface area contributed by atoms with Gasteiger partial charge in [0.15, 0.2) is 17.3 Å². The largest absolute Gasteiger partial charge is 0.504 e. The molecule has 0 saturated carbocycles. The van der Waals surface area contributed by atoms with Gasteiger partial charge in [-0.25, -0.2) is 9.97 Å². The zero-order valence-electron chi connectivity index (χ0n) is 28.6. The van der Waals surface area contributed by atoms with Crippen LogP contribution in [-0.4, -0.2) is 83.7 Å². The SMILES string of the molecule is CCc1c(N2CCN(C(=O)c3ncnc(C)c3O)CC2)c(=O)n2nc(-c3ccc4c(c3)COCC4)nc2n1CC(=O)Nc1ccc(C(F)(F)F)cc1Cl. The van der Waals surface area contributed by atoms with Crippen LogP contribution in [0.3, 0.4) is 0 Å². The number of amides is 2. The fourth-order valence-corrected chi connectivity index (χ4v) is 6.82. The number of nitrogens with zero attached hydrogens (tertiary/aromatic N) is 8. The van der Waals surface area contributed by atoms with Crippen LogP contribution in [0.25, 0.3) is 17.2 Å². The number of anilines is 2. The van der Waals surface area contributed by atoms with Crippen LogP contribution in [0.5, 0.6) is 5.75 Å². The lowest BCUT2D eigenvalue weighted by molar-refractivity contribution is -0.137. The Morgan fingerprint density at radius 3 is 2.55 bits per heavy atom. The smallest absolute Gasteiger partial charge is 0.416 e. The highest BCUT2D eigenvalue weighted by Gasteiger charge is 2.32. The minimum absolute atomic E-state index is 0.0239. The number of halogens is 4. The highest BCUT2D eigenvalue weighted by atomic mass is 35.5. The summed E-state index contributed by atoms with van der Waals surface area (Å²) in [5.74, 6) is -1.10. The van der Waals surface area contributed by atoms with Gasteiger partial charge in [-0.3, -0.25) is 14.4 Å². The van der Waals surface area contributed by atoms with Gasteiger partial charge in [0.1, 0.15) is 18.6 Å². The van der Waals surface area contributed by atoms with E-state index in [0.717, 1.165) is 40.3 Å². The summed E-state index contributed by atoms with van der Waals surface area (Å²) in [5.41, 5.74) is 2.14. The van der Waals surface area contributed by atoms with Crippen molar-refractivity contribution >= 4 is 40.6 Å². The van der Waals surface area contributed by atoms with Gasteiger partial charge in [0, 0.05) is 31.7 Å². The van der Waals surface area contributed by atoms with E-state index in [4.69, 9.17) is 21.3 Å². The molecule has 2 amide bonds. The van der Waals surface area contributed by atoms with Crippen molar-refractivity contribution in [2.45, 2.75) is 46.0 Å². The molecule has 0 unspecified atom stereocenters. The number of alkyl halides is 3. The van der Waals surface area contributed by atoms with Crippen molar-refractivity contribution in [3.8, 4) is 17.1 Å². The van der Waals surface area contributed by atoms with Gasteiger partial charge in [0.25, 0.3) is 11.5 Å². The Hall–Kier alpha value is -5.55. The molecular formula is C35H33ClF3N9O5. The third kappa shape index (κ3) is 6.89. The van der Waals surface area contributed by atoms with E-state index in [1.807, 2.05) is 30.0 Å². The molecule has 0 spiro atoms. The highest BCUT2D eigenvalue weighted by molar-refractivity contribution is 6.33. The first-order valence-corrected chi connectivity index (χ1v) is 17.2. The molecular weight excluding hydrogens is 719 g/mol. The van der Waals surface area contributed by atoms with Crippen molar-refractivity contribution in [3.63, 3.8) is 0 Å². The number of hydrogen-bond donors (Lipinski definition) is 2. The molecule has 2 aliphatic heterocycles. The Morgan fingerprint density at radius 1 is 1.06 bits per heavy atom. The predicted octanol–water partition coefficient (Wildman–Crippen LogP) is 4.27. The summed E-state index contributed by atoms with van der Waals surface area (Å²) in [6.07, 6.45) is -2.37. The first-order chi connectivity index (χ1) is 25.3. The Balaban J connectivity index is 1.26. The molecule has 7 rings (SSSR count). The van der Waals surface area contributed by atoms with Crippen molar-refractivity contribution in [1.82, 2.24) is 34.0 Å². The Kier molecular flexibility index (Phi) is 9.54. The minimum atomic E-state index is -4.62. The van der Waals surface area contributed by atoms with E-state index in [1.165, 1.54) is 11.2 Å². The number of hydrogen-bond acceptors (Lipinski definition) is 10. The van der Waals surface area contributed by atoms with E-state index in [-0.39, 0.29) is 77.7 Å². The summed E-state index contributed by atoms with van der Waals surface area (Å²) in [4.78, 5) is 57.1. The van der Waals surface area contributed by atoms with Crippen LogP contribution in [0, 0.1) is 6.92 Å². The summed E-state index contributed by atoms with van der Waals surface area (Å²) >= 11 is 6.14. The van der Waals surface area contributed by atoms with Crippen molar-refractivity contribution in [2.75, 3.05) is 43.0 Å². The predicted molar refractivity (Wildman–Crippen MR) is 187 cm³/mol. The average Bonchev–Trinajstić information content (AvgIpc) is 3.60. The van der Waals surface area contributed by atoms with Crippen LogP contribution >= 0.6 is 11.6 Å². The molecule has 1 saturated heterocycles. The maximum Gasteiger partial charge on any atom is 0.416 e. The van der Waals surface area contributed by atoms with Crippen LogP contribution in [0.4, 0.5) is 24.5 Å². The van der Waals surface area contributed by atoms with Crippen molar-refractivity contribution in [1.29, 1.82) is 0 Å². The summed E-state index contributed by atoms with van der Waals surface area (Å²) in [6.45, 7) is 4.86. The summed E-state index contributed by atoms with van der Waals surface area (Å²) in [5, 5.41) is 17.3. The molecule has 3 aromatic heterocycles. The number of fused-ring (bicyclic) bond motifs is 2. The number of carbonyl (C=O) groups excluding carboxylic acids is 2. The molecule has 0 aliphatic carbocycles. The van der Waals surface area contributed by atoms with Gasteiger partial charge < -0.3 is 29.5 Å². The number of benzene rings is 2. The molecule has 2 aliphatic rings. The summed E-state index contributed by atoms with van der Waals surface area (Å²) < 4.78 is 48.1. The number of nitrogens with one attached hydrogen (secondary N) is 1. The van der Waals surface area contributed by atoms with E-state index in [2.05, 4.69) is 20.4 Å². The molecule has 5 aromatic rings. The van der Waals surface area contributed by atoms with Gasteiger partial charge in [0.2, 0.25) is 11.7 Å². The second kappa shape index (κ2) is 14.1. The lowest BCUT2D eigenvalue weighted by atomic mass is 10.0. The van der Waals surface area contributed by atoms with Gasteiger partial charge >= 0.3 is 6.18 Å². The number of carbonyl (C=O) groups is 2. The van der Waals surface area contributed by atoms with Gasteiger partial charge in [-0.15, -0.1) is 5.10 Å². The van der Waals surface area contributed by atoms with Crippen LogP contribution < -0.4 is 15.8 Å². The van der Waals surface area contributed by atoms with E-state index in [9.17, 15) is 32.7 Å². The van der Waals surface area contributed by atoms with E-state index >= 15 is 0 Å². The number of ether oxygens (including phenoxy) is 1. The normalized spacial score (nSPS) is 14.8. The minimum Gasteiger partial charge on any atom is -0.504 e. The first-order valence-electron chi connectivity index (χ1n) is 16.8. The number of piperazine rings is 1. The summed E-state index contributed by atoms with van der Waals surface area (Å²) in [7, 11) is 0. The molecule has 53 heavy (non-hydrogen) atoms. The zero-order chi connectivity index (χ0) is 37.6. The number of aromatic nitrogens is 6. The van der Waals surface area contributed by atoms with Crippen LogP contribution in [0.2, 0.25) is 5.02 Å². The molecule has 18 heteroatoms. The van der Waals surface area contributed by atoms with Gasteiger partial charge in [0.05, 0.1) is 40.9 Å². The highest BCUT2D eigenvalue weighted by Crippen LogP contribution is 2.34. The average molecular weight is 752 g/mol. The van der Waals surface area contributed by atoms with Crippen LogP contribution in [-0.2, 0) is 41.7 Å². The summed E-state index contributed by atoms with van der Waals surface area (Å²) in [6, 6.07) is 8.37. The number of rotatable bonds is 7. The maximum atomic E-state index is 14.3. The monoisotopic (exact) mass is 751 g/mol. The molecule has 276 valence electrons. The molecule has 5 heterocycles. The Labute approximate surface area is 304 Å². The van der Waals surface area contributed by atoms with Gasteiger partial charge in [-0.1, -0.05) is 30.7 Å². The van der Waals surface area contributed by atoms with E-state index in [0.29, 0.717) is 24.5 Å². The van der Waals surface area contributed by atoms with Crippen molar-refractivity contribution in [3.05, 3.63) is 91.9 Å². The lowest BCUT2D eigenvalue weighted by Crippen LogP contribution is -2.51.